The highest BCUT2D eigenvalue weighted by Crippen LogP contribution is 2.20. The number of nitrogens with zero attached hydrogens (tertiary/aromatic N) is 3. The molecular formula is C23H23N3O2. The molecule has 0 aliphatic carbocycles. The van der Waals surface area contributed by atoms with Crippen LogP contribution in [0.1, 0.15) is 28.4 Å². The van der Waals surface area contributed by atoms with Gasteiger partial charge in [-0.25, -0.2) is 4.52 Å². The lowest BCUT2D eigenvalue weighted by Gasteiger charge is -2.14. The molecule has 0 aliphatic heterocycles. The Bertz CT molecular complexity index is 1200. The Morgan fingerprint density at radius 1 is 0.964 bits per heavy atom. The Kier molecular flexibility index (Phi) is 4.61. The van der Waals surface area contributed by atoms with E-state index in [1.807, 2.05) is 63.2 Å². The summed E-state index contributed by atoms with van der Waals surface area (Å²) >= 11 is 0. The Morgan fingerprint density at radius 3 is 2.43 bits per heavy atom. The molecule has 0 saturated heterocycles. The largest absolute Gasteiger partial charge is 0.387 e. The van der Waals surface area contributed by atoms with Gasteiger partial charge >= 0.3 is 0 Å². The van der Waals surface area contributed by atoms with Crippen molar-refractivity contribution in [1.82, 2.24) is 14.2 Å². The Labute approximate surface area is 163 Å². The van der Waals surface area contributed by atoms with E-state index in [0.29, 0.717) is 5.52 Å². The summed E-state index contributed by atoms with van der Waals surface area (Å²) in [5.74, 6) is 0. The van der Waals surface area contributed by atoms with Crippen LogP contribution in [0.3, 0.4) is 0 Å². The first-order chi connectivity index (χ1) is 13.4. The first-order valence-corrected chi connectivity index (χ1v) is 9.33. The molecule has 0 unspecified atom stereocenters. The molecule has 2 heterocycles. The van der Waals surface area contributed by atoms with Crippen LogP contribution in [0.25, 0.3) is 16.8 Å². The van der Waals surface area contributed by atoms with Gasteiger partial charge in [-0.05, 0) is 43.5 Å². The maximum absolute atomic E-state index is 12.9. The van der Waals surface area contributed by atoms with E-state index in [-0.39, 0.29) is 12.1 Å². The van der Waals surface area contributed by atoms with Crippen molar-refractivity contribution >= 4 is 5.52 Å². The van der Waals surface area contributed by atoms with E-state index in [0.717, 1.165) is 22.4 Å². The van der Waals surface area contributed by atoms with Gasteiger partial charge in [0.05, 0.1) is 18.3 Å². The molecule has 1 atom stereocenters. The predicted octanol–water partition coefficient (Wildman–Crippen LogP) is 3.82. The number of aryl methyl sites for hydroxylation is 3. The monoisotopic (exact) mass is 373 g/mol. The maximum atomic E-state index is 12.9. The van der Waals surface area contributed by atoms with Crippen molar-refractivity contribution in [2.45, 2.75) is 33.4 Å². The molecule has 2 aromatic heterocycles. The van der Waals surface area contributed by atoms with Crippen molar-refractivity contribution in [1.29, 1.82) is 0 Å². The number of aromatic nitrogens is 3. The molecule has 0 aliphatic rings. The number of benzene rings is 2. The quantitative estimate of drug-likeness (QED) is 0.592. The smallest absolute Gasteiger partial charge is 0.276 e. The number of aliphatic hydroxyl groups is 1. The zero-order chi connectivity index (χ0) is 19.8. The standard InChI is InChI=1S/C23H23N3O2/c1-15-4-7-18(8-5-15)20-13-21-23(28)25(10-11-26(21)24-20)14-22(27)19-9-6-16(2)17(3)12-19/h4-13,22,27H,14H2,1-3H3/t22-/m1/s1. The number of fused-ring (bicyclic) bond motifs is 1. The van der Waals surface area contributed by atoms with Crippen LogP contribution in [0.5, 0.6) is 0 Å². The number of hydrogen-bond acceptors (Lipinski definition) is 3. The van der Waals surface area contributed by atoms with Crippen LogP contribution in [0, 0.1) is 20.8 Å². The molecule has 0 spiro atoms. The number of hydrogen-bond donors (Lipinski definition) is 1. The molecule has 28 heavy (non-hydrogen) atoms. The van der Waals surface area contributed by atoms with Crippen LogP contribution in [0.4, 0.5) is 0 Å². The average molecular weight is 373 g/mol. The van der Waals surface area contributed by atoms with E-state index in [9.17, 15) is 9.90 Å². The van der Waals surface area contributed by atoms with Crippen molar-refractivity contribution in [3.63, 3.8) is 0 Å². The SMILES string of the molecule is Cc1ccc(-c2cc3c(=O)n(C[C@@H](O)c4ccc(C)c(C)c4)ccn3n2)cc1. The fourth-order valence-electron chi connectivity index (χ4n) is 3.30. The van der Waals surface area contributed by atoms with Crippen molar-refractivity contribution in [2.24, 2.45) is 0 Å². The molecule has 2 aromatic carbocycles. The van der Waals surface area contributed by atoms with Gasteiger partial charge in [-0.15, -0.1) is 0 Å². The van der Waals surface area contributed by atoms with Crippen molar-refractivity contribution in [3.8, 4) is 11.3 Å². The molecule has 5 nitrogen and oxygen atoms in total. The van der Waals surface area contributed by atoms with Gasteiger partial charge in [-0.2, -0.15) is 5.10 Å². The Balaban J connectivity index is 1.66. The Hall–Kier alpha value is -3.18. The zero-order valence-electron chi connectivity index (χ0n) is 16.3. The third-order valence-electron chi connectivity index (χ3n) is 5.24. The Morgan fingerprint density at radius 2 is 1.71 bits per heavy atom. The minimum absolute atomic E-state index is 0.170. The summed E-state index contributed by atoms with van der Waals surface area (Å²) in [6.45, 7) is 6.29. The second-order valence-electron chi connectivity index (χ2n) is 7.34. The van der Waals surface area contributed by atoms with Gasteiger partial charge in [0.25, 0.3) is 5.56 Å². The molecule has 0 fully saturated rings. The first-order valence-electron chi connectivity index (χ1n) is 9.33. The summed E-state index contributed by atoms with van der Waals surface area (Å²) in [5, 5.41) is 15.1. The fourth-order valence-corrected chi connectivity index (χ4v) is 3.30. The molecule has 0 radical (unpaired) electrons. The van der Waals surface area contributed by atoms with Gasteiger partial charge in [-0.3, -0.25) is 4.79 Å². The van der Waals surface area contributed by atoms with Crippen LogP contribution >= 0.6 is 0 Å². The summed E-state index contributed by atoms with van der Waals surface area (Å²) in [5.41, 5.74) is 6.33. The lowest BCUT2D eigenvalue weighted by Crippen LogP contribution is -2.24. The van der Waals surface area contributed by atoms with Gasteiger partial charge in [0.2, 0.25) is 0 Å². The van der Waals surface area contributed by atoms with Crippen LogP contribution in [-0.2, 0) is 6.54 Å². The highest BCUT2D eigenvalue weighted by Gasteiger charge is 2.13. The third kappa shape index (κ3) is 3.37. The van der Waals surface area contributed by atoms with E-state index >= 15 is 0 Å². The maximum Gasteiger partial charge on any atom is 0.276 e. The summed E-state index contributed by atoms with van der Waals surface area (Å²) in [7, 11) is 0. The molecule has 5 heteroatoms. The predicted molar refractivity (Wildman–Crippen MR) is 111 cm³/mol. The number of aliphatic hydroxyl groups excluding tert-OH is 1. The normalized spacial score (nSPS) is 12.4. The van der Waals surface area contributed by atoms with E-state index in [4.69, 9.17) is 0 Å². The molecule has 0 amide bonds. The van der Waals surface area contributed by atoms with Crippen LogP contribution in [-0.4, -0.2) is 19.3 Å². The van der Waals surface area contributed by atoms with Crippen LogP contribution < -0.4 is 5.56 Å². The number of rotatable bonds is 4. The summed E-state index contributed by atoms with van der Waals surface area (Å²) in [6.07, 6.45) is 2.67. The van der Waals surface area contributed by atoms with Crippen LogP contribution in [0.15, 0.2) is 65.7 Å². The van der Waals surface area contributed by atoms with Crippen molar-refractivity contribution < 1.29 is 5.11 Å². The van der Waals surface area contributed by atoms with Crippen molar-refractivity contribution in [3.05, 3.63) is 93.5 Å². The molecular weight excluding hydrogens is 350 g/mol. The third-order valence-corrected chi connectivity index (χ3v) is 5.24. The van der Waals surface area contributed by atoms with E-state index < -0.39 is 6.10 Å². The molecule has 1 N–H and O–H groups in total. The minimum Gasteiger partial charge on any atom is -0.387 e. The summed E-state index contributed by atoms with van der Waals surface area (Å²) in [6, 6.07) is 15.7. The fraction of sp³-hybridized carbons (Fsp3) is 0.217. The lowest BCUT2D eigenvalue weighted by atomic mass is 10.0. The first kappa shape index (κ1) is 18.2. The highest BCUT2D eigenvalue weighted by atomic mass is 16.3. The molecule has 0 saturated carbocycles. The van der Waals surface area contributed by atoms with Gasteiger partial charge in [0, 0.05) is 18.0 Å². The van der Waals surface area contributed by atoms with E-state index in [1.165, 1.54) is 15.7 Å². The molecule has 4 aromatic rings. The van der Waals surface area contributed by atoms with Gasteiger partial charge in [0.15, 0.2) is 0 Å². The van der Waals surface area contributed by atoms with Crippen LogP contribution in [0.2, 0.25) is 0 Å². The summed E-state index contributed by atoms with van der Waals surface area (Å²) in [4.78, 5) is 12.9. The minimum atomic E-state index is -0.751. The zero-order valence-corrected chi connectivity index (χ0v) is 16.3. The van der Waals surface area contributed by atoms with Gasteiger partial charge < -0.3 is 9.67 Å². The topological polar surface area (TPSA) is 59.5 Å². The second-order valence-corrected chi connectivity index (χ2v) is 7.34. The lowest BCUT2D eigenvalue weighted by molar-refractivity contribution is 0.155. The van der Waals surface area contributed by atoms with E-state index in [2.05, 4.69) is 5.10 Å². The molecule has 0 bridgehead atoms. The van der Waals surface area contributed by atoms with Gasteiger partial charge in [-0.1, -0.05) is 48.0 Å². The highest BCUT2D eigenvalue weighted by molar-refractivity contribution is 5.65. The summed E-state index contributed by atoms with van der Waals surface area (Å²) < 4.78 is 3.13. The van der Waals surface area contributed by atoms with E-state index in [1.54, 1.807) is 23.0 Å². The molecule has 4 rings (SSSR count). The average Bonchev–Trinajstić information content (AvgIpc) is 3.12. The molecule has 142 valence electrons. The second kappa shape index (κ2) is 7.09. The van der Waals surface area contributed by atoms with Crippen molar-refractivity contribution in [2.75, 3.05) is 0 Å². The van der Waals surface area contributed by atoms with Gasteiger partial charge in [0.1, 0.15) is 5.52 Å².